The molecule has 110 valence electrons. The van der Waals surface area contributed by atoms with Gasteiger partial charge in [0.25, 0.3) is 0 Å². The molecule has 2 unspecified atom stereocenters. The lowest BCUT2D eigenvalue weighted by atomic mass is 10.2. The lowest BCUT2D eigenvalue weighted by Crippen LogP contribution is -2.11. The molecule has 0 amide bonds. The second-order valence-electron chi connectivity index (χ2n) is 5.38. The molecule has 1 aromatic carbocycles. The predicted octanol–water partition coefficient (Wildman–Crippen LogP) is 5.02. The van der Waals surface area contributed by atoms with Crippen LogP contribution in [-0.2, 0) is 0 Å². The summed E-state index contributed by atoms with van der Waals surface area (Å²) in [5.74, 6) is 0.904. The summed E-state index contributed by atoms with van der Waals surface area (Å²) in [5, 5.41) is 0.953. The molecule has 2 aromatic heterocycles. The van der Waals surface area contributed by atoms with Crippen molar-refractivity contribution in [1.82, 2.24) is 14.5 Å². The normalized spacial score (nSPS) is 14.5. The fourth-order valence-electron chi connectivity index (χ4n) is 2.69. The molecule has 2 atom stereocenters. The van der Waals surface area contributed by atoms with Crippen molar-refractivity contribution in [3.05, 3.63) is 45.7 Å². The summed E-state index contributed by atoms with van der Waals surface area (Å²) in [5.41, 5.74) is 3.36. The van der Waals surface area contributed by atoms with E-state index < -0.39 is 0 Å². The zero-order valence-electron chi connectivity index (χ0n) is 12.6. The average molecular weight is 320 g/mol. The van der Waals surface area contributed by atoms with Crippen LogP contribution < -0.4 is 0 Å². The zero-order chi connectivity index (χ0) is 15.1. The van der Waals surface area contributed by atoms with Gasteiger partial charge in [0.15, 0.2) is 0 Å². The number of halogens is 1. The van der Waals surface area contributed by atoms with Crippen LogP contribution in [0.1, 0.15) is 46.5 Å². The molecule has 0 fully saturated rings. The Hall–Kier alpha value is -1.39. The number of hydrogen-bond acceptors (Lipinski definition) is 3. The molecular formula is C16H18ClN3S. The van der Waals surface area contributed by atoms with Gasteiger partial charge in [0.2, 0.25) is 0 Å². The van der Waals surface area contributed by atoms with Gasteiger partial charge in [-0.05, 0) is 39.3 Å². The summed E-state index contributed by atoms with van der Waals surface area (Å²) in [6.07, 6.45) is 1.92. The van der Waals surface area contributed by atoms with E-state index in [1.165, 1.54) is 10.4 Å². The Kier molecular flexibility index (Phi) is 3.76. The van der Waals surface area contributed by atoms with E-state index in [2.05, 4.69) is 36.4 Å². The third-order valence-corrected chi connectivity index (χ3v) is 4.96. The second kappa shape index (κ2) is 5.43. The van der Waals surface area contributed by atoms with E-state index in [4.69, 9.17) is 16.6 Å². The monoisotopic (exact) mass is 319 g/mol. The minimum Gasteiger partial charge on any atom is -0.317 e. The van der Waals surface area contributed by atoms with Gasteiger partial charge in [-0.25, -0.2) is 9.97 Å². The summed E-state index contributed by atoms with van der Waals surface area (Å²) < 4.78 is 2.24. The van der Waals surface area contributed by atoms with Crippen molar-refractivity contribution in [1.29, 1.82) is 0 Å². The van der Waals surface area contributed by atoms with E-state index in [0.717, 1.165) is 21.9 Å². The summed E-state index contributed by atoms with van der Waals surface area (Å²) in [6, 6.07) is 6.33. The molecule has 0 aliphatic heterocycles. The van der Waals surface area contributed by atoms with Gasteiger partial charge >= 0.3 is 0 Å². The van der Waals surface area contributed by atoms with Gasteiger partial charge in [0.05, 0.1) is 22.5 Å². The molecule has 0 N–H and O–H groups in total. The quantitative estimate of drug-likeness (QED) is 0.635. The third-order valence-electron chi connectivity index (χ3n) is 3.68. The van der Waals surface area contributed by atoms with Gasteiger partial charge in [0.1, 0.15) is 10.8 Å². The summed E-state index contributed by atoms with van der Waals surface area (Å²) in [6.45, 7) is 8.32. The number of fused-ring (bicyclic) bond motifs is 1. The number of rotatable bonds is 3. The first-order valence-electron chi connectivity index (χ1n) is 7.03. The fraction of sp³-hybridized carbons (Fsp3) is 0.375. The van der Waals surface area contributed by atoms with Crippen LogP contribution in [-0.4, -0.2) is 14.5 Å². The number of aromatic nitrogens is 3. The molecule has 3 rings (SSSR count). The Bertz CT molecular complexity index is 788. The van der Waals surface area contributed by atoms with Crippen LogP contribution in [0, 0.1) is 13.8 Å². The second-order valence-corrected chi connectivity index (χ2v) is 7.30. The fourth-order valence-corrected chi connectivity index (χ4v) is 3.66. The molecule has 0 aliphatic carbocycles. The summed E-state index contributed by atoms with van der Waals surface area (Å²) in [7, 11) is 0. The maximum atomic E-state index is 6.37. The van der Waals surface area contributed by atoms with E-state index in [1.54, 1.807) is 11.3 Å². The first-order chi connectivity index (χ1) is 9.99. The third kappa shape index (κ3) is 2.47. The molecule has 3 aromatic rings. The van der Waals surface area contributed by atoms with Gasteiger partial charge in [-0.2, -0.15) is 0 Å². The number of alkyl halides is 1. The summed E-state index contributed by atoms with van der Waals surface area (Å²) >= 11 is 8.09. The van der Waals surface area contributed by atoms with Crippen LogP contribution >= 0.6 is 22.9 Å². The molecule has 2 heterocycles. The lowest BCUT2D eigenvalue weighted by molar-refractivity contribution is 0.614. The van der Waals surface area contributed by atoms with Crippen LogP contribution in [0.3, 0.4) is 0 Å². The van der Waals surface area contributed by atoms with E-state index in [0.29, 0.717) is 0 Å². The largest absolute Gasteiger partial charge is 0.317 e. The Morgan fingerprint density at radius 2 is 2.00 bits per heavy atom. The van der Waals surface area contributed by atoms with Crippen LogP contribution in [0.4, 0.5) is 0 Å². The molecule has 0 spiro atoms. The number of benzene rings is 1. The van der Waals surface area contributed by atoms with Crippen molar-refractivity contribution < 1.29 is 0 Å². The van der Waals surface area contributed by atoms with Crippen molar-refractivity contribution >= 4 is 34.0 Å². The van der Waals surface area contributed by atoms with Gasteiger partial charge in [-0.15, -0.1) is 22.9 Å². The van der Waals surface area contributed by atoms with Crippen LogP contribution in [0.2, 0.25) is 0 Å². The molecular weight excluding hydrogens is 302 g/mol. The SMILES string of the molecule is Cc1cnc(C(C)n2c(C(C)Cl)nc3cccc(C)c32)s1. The highest BCUT2D eigenvalue weighted by atomic mass is 35.5. The smallest absolute Gasteiger partial charge is 0.128 e. The van der Waals surface area contributed by atoms with E-state index in [-0.39, 0.29) is 11.4 Å². The topological polar surface area (TPSA) is 30.7 Å². The van der Waals surface area contributed by atoms with Gasteiger partial charge < -0.3 is 4.57 Å². The minimum atomic E-state index is -0.139. The van der Waals surface area contributed by atoms with Gasteiger partial charge in [0, 0.05) is 11.1 Å². The molecule has 0 saturated carbocycles. The summed E-state index contributed by atoms with van der Waals surface area (Å²) in [4.78, 5) is 10.5. The Morgan fingerprint density at radius 3 is 2.62 bits per heavy atom. The Balaban J connectivity index is 2.26. The molecule has 0 radical (unpaired) electrons. The van der Waals surface area contributed by atoms with Crippen LogP contribution in [0.25, 0.3) is 11.0 Å². The first-order valence-corrected chi connectivity index (χ1v) is 8.28. The Morgan fingerprint density at radius 1 is 1.24 bits per heavy atom. The number of para-hydroxylation sites is 1. The number of hydrogen-bond donors (Lipinski definition) is 0. The van der Waals surface area contributed by atoms with Gasteiger partial charge in [-0.1, -0.05) is 12.1 Å². The predicted molar refractivity (Wildman–Crippen MR) is 89.4 cm³/mol. The zero-order valence-corrected chi connectivity index (χ0v) is 14.2. The number of thiazole rings is 1. The van der Waals surface area contributed by atoms with E-state index >= 15 is 0 Å². The maximum Gasteiger partial charge on any atom is 0.128 e. The highest BCUT2D eigenvalue weighted by molar-refractivity contribution is 7.11. The standard InChI is InChI=1S/C16H18ClN3S/c1-9-6-5-7-13-14(9)20(15(19-13)11(3)17)12(4)16-18-8-10(2)21-16/h5-8,11-12H,1-4H3. The van der Waals surface area contributed by atoms with Crippen molar-refractivity contribution in [3.63, 3.8) is 0 Å². The van der Waals surface area contributed by atoms with E-state index in [9.17, 15) is 0 Å². The molecule has 0 aliphatic rings. The molecule has 21 heavy (non-hydrogen) atoms. The molecule has 5 heteroatoms. The highest BCUT2D eigenvalue weighted by Crippen LogP contribution is 2.33. The number of aryl methyl sites for hydroxylation is 2. The van der Waals surface area contributed by atoms with Crippen molar-refractivity contribution in [2.24, 2.45) is 0 Å². The van der Waals surface area contributed by atoms with Crippen molar-refractivity contribution in [3.8, 4) is 0 Å². The maximum absolute atomic E-state index is 6.37. The first kappa shape index (κ1) is 14.5. The van der Waals surface area contributed by atoms with Crippen LogP contribution in [0.15, 0.2) is 24.4 Å². The van der Waals surface area contributed by atoms with Crippen molar-refractivity contribution in [2.75, 3.05) is 0 Å². The molecule has 0 bridgehead atoms. The van der Waals surface area contributed by atoms with E-state index in [1.807, 2.05) is 25.3 Å². The average Bonchev–Trinajstić information content (AvgIpc) is 3.02. The lowest BCUT2D eigenvalue weighted by Gasteiger charge is -2.17. The molecule has 3 nitrogen and oxygen atoms in total. The number of imidazole rings is 1. The van der Waals surface area contributed by atoms with Gasteiger partial charge in [-0.3, -0.25) is 0 Å². The number of nitrogens with zero attached hydrogens (tertiary/aromatic N) is 3. The minimum absolute atomic E-state index is 0.131. The Labute approximate surface area is 133 Å². The highest BCUT2D eigenvalue weighted by Gasteiger charge is 2.22. The molecule has 0 saturated heterocycles. The van der Waals surface area contributed by atoms with Crippen LogP contribution in [0.5, 0.6) is 0 Å². The van der Waals surface area contributed by atoms with Crippen molar-refractivity contribution in [2.45, 2.75) is 39.1 Å².